The summed E-state index contributed by atoms with van der Waals surface area (Å²) in [7, 11) is 4.12. The van der Waals surface area contributed by atoms with E-state index in [1.54, 1.807) is 12.1 Å². The van der Waals surface area contributed by atoms with Gasteiger partial charge in [0.25, 0.3) is 0 Å². The molecule has 1 aromatic carbocycles. The zero-order valence-electron chi connectivity index (χ0n) is 11.5. The van der Waals surface area contributed by atoms with Crippen LogP contribution in [0, 0.1) is 0 Å². The normalized spacial score (nSPS) is 16.1. The number of aliphatic carboxylic acids is 1. The Labute approximate surface area is 112 Å². The molecule has 1 N–H and O–H groups in total. The van der Waals surface area contributed by atoms with Crippen LogP contribution in [-0.2, 0) is 19.2 Å². The van der Waals surface area contributed by atoms with E-state index < -0.39 is 17.6 Å². The van der Waals surface area contributed by atoms with Crippen LogP contribution in [-0.4, -0.2) is 43.2 Å². The van der Waals surface area contributed by atoms with Gasteiger partial charge in [0.1, 0.15) is 6.10 Å². The summed E-state index contributed by atoms with van der Waals surface area (Å²) in [6.07, 6.45) is -0.758. The summed E-state index contributed by atoms with van der Waals surface area (Å²) >= 11 is 0. The van der Waals surface area contributed by atoms with Crippen LogP contribution in [0.2, 0.25) is 0 Å². The lowest BCUT2D eigenvalue weighted by Gasteiger charge is -2.38. The number of hydrogen-bond acceptors (Lipinski definition) is 5. The molecule has 0 aliphatic carbocycles. The largest absolute Gasteiger partial charge is 0.480 e. The quantitative estimate of drug-likeness (QED) is 0.759. The minimum absolute atomic E-state index is 0.717. The molecule has 0 saturated heterocycles. The maximum atomic E-state index is 11.7. The van der Waals surface area contributed by atoms with Crippen LogP contribution >= 0.6 is 0 Å². The Hall–Kier alpha value is -1.47. The highest BCUT2D eigenvalue weighted by atomic mass is 16.9. The van der Waals surface area contributed by atoms with Gasteiger partial charge in [0, 0.05) is 7.11 Å². The third-order valence-electron chi connectivity index (χ3n) is 2.99. The molecule has 0 fully saturated rings. The summed E-state index contributed by atoms with van der Waals surface area (Å²) in [5.41, 5.74) is -0.812. The lowest BCUT2D eigenvalue weighted by molar-refractivity contribution is -0.395. The van der Waals surface area contributed by atoms with Gasteiger partial charge in [-0.2, -0.15) is 0 Å². The van der Waals surface area contributed by atoms with Gasteiger partial charge in [0.15, 0.2) is 5.54 Å². The lowest BCUT2D eigenvalue weighted by atomic mass is 9.89. The van der Waals surface area contributed by atoms with Gasteiger partial charge in [0.2, 0.25) is 0 Å². The molecule has 19 heavy (non-hydrogen) atoms. The van der Waals surface area contributed by atoms with E-state index in [9.17, 15) is 9.90 Å². The summed E-state index contributed by atoms with van der Waals surface area (Å²) in [5, 5.41) is 10.5. The Morgan fingerprint density at radius 2 is 1.74 bits per heavy atom. The average molecular weight is 269 g/mol. The molecule has 2 atom stereocenters. The predicted molar refractivity (Wildman–Crippen MR) is 68.1 cm³/mol. The zero-order chi connectivity index (χ0) is 14.5. The topological polar surface area (TPSA) is 68.2 Å². The number of benzene rings is 1. The summed E-state index contributed by atoms with van der Waals surface area (Å²) in [4.78, 5) is 21.6. The van der Waals surface area contributed by atoms with E-state index in [2.05, 4.69) is 0 Å². The molecular formula is C13H19NO5. The molecule has 0 spiro atoms. The fraction of sp³-hybridized carbons (Fsp3) is 0.462. The van der Waals surface area contributed by atoms with Gasteiger partial charge in [-0.1, -0.05) is 30.3 Å². The van der Waals surface area contributed by atoms with Crippen molar-refractivity contribution in [3.8, 4) is 0 Å². The number of hydroxylamine groups is 2. The standard InChI is InChI=1S/C13H19NO5/c1-13(12(15)16,14(18-3)19-4)11(17-2)10-8-6-5-7-9-10/h5-9,11H,1-4H3,(H,15,16)/t11?,13-/m0/s1. The third-order valence-corrected chi connectivity index (χ3v) is 2.99. The molecule has 6 heteroatoms. The van der Waals surface area contributed by atoms with E-state index in [1.165, 1.54) is 28.3 Å². The molecule has 0 aromatic heterocycles. The number of ether oxygens (including phenoxy) is 1. The Kier molecular flexibility index (Phi) is 5.44. The summed E-state index contributed by atoms with van der Waals surface area (Å²) in [6.45, 7) is 1.48. The second kappa shape index (κ2) is 6.63. The Bertz CT molecular complexity index is 407. The SMILES string of the molecule is COC(c1ccccc1)[C@@](C)(C(=O)O)N(OC)OC. The highest BCUT2D eigenvalue weighted by Gasteiger charge is 2.50. The van der Waals surface area contributed by atoms with Crippen molar-refractivity contribution in [1.29, 1.82) is 0 Å². The number of nitrogens with zero attached hydrogens (tertiary/aromatic N) is 1. The van der Waals surface area contributed by atoms with Gasteiger partial charge in [-0.25, -0.2) is 4.79 Å². The minimum Gasteiger partial charge on any atom is -0.480 e. The van der Waals surface area contributed by atoms with Crippen molar-refractivity contribution in [1.82, 2.24) is 5.23 Å². The van der Waals surface area contributed by atoms with Crippen molar-refractivity contribution >= 4 is 5.97 Å². The van der Waals surface area contributed by atoms with Crippen LogP contribution < -0.4 is 0 Å². The van der Waals surface area contributed by atoms with Crippen LogP contribution in [0.3, 0.4) is 0 Å². The van der Waals surface area contributed by atoms with Crippen molar-refractivity contribution in [2.45, 2.75) is 18.6 Å². The van der Waals surface area contributed by atoms with Gasteiger partial charge >= 0.3 is 5.97 Å². The van der Waals surface area contributed by atoms with Crippen LogP contribution in [0.25, 0.3) is 0 Å². The minimum atomic E-state index is -1.53. The first kappa shape index (κ1) is 15.6. The fourth-order valence-electron chi connectivity index (χ4n) is 2.06. The molecule has 0 radical (unpaired) electrons. The molecule has 6 nitrogen and oxygen atoms in total. The van der Waals surface area contributed by atoms with Gasteiger partial charge in [-0.05, 0) is 17.7 Å². The van der Waals surface area contributed by atoms with Gasteiger partial charge in [-0.15, -0.1) is 0 Å². The highest BCUT2D eigenvalue weighted by molar-refractivity contribution is 5.79. The van der Waals surface area contributed by atoms with Gasteiger partial charge in [-0.3, -0.25) is 9.68 Å². The fourth-order valence-corrected chi connectivity index (χ4v) is 2.06. The summed E-state index contributed by atoms with van der Waals surface area (Å²) < 4.78 is 5.36. The summed E-state index contributed by atoms with van der Waals surface area (Å²) in [5.74, 6) is -1.12. The van der Waals surface area contributed by atoms with Crippen LogP contribution in [0.5, 0.6) is 0 Å². The molecule has 0 bridgehead atoms. The first-order valence-electron chi connectivity index (χ1n) is 5.71. The maximum absolute atomic E-state index is 11.7. The smallest absolute Gasteiger partial charge is 0.331 e. The number of carboxylic acid groups (broad SMARTS) is 1. The zero-order valence-corrected chi connectivity index (χ0v) is 11.5. The van der Waals surface area contributed by atoms with Crippen LogP contribution in [0.15, 0.2) is 30.3 Å². The molecule has 0 amide bonds. The van der Waals surface area contributed by atoms with Gasteiger partial charge < -0.3 is 9.84 Å². The molecule has 1 aromatic rings. The molecule has 1 unspecified atom stereocenters. The molecule has 0 aliphatic heterocycles. The van der Waals surface area contributed by atoms with E-state index in [4.69, 9.17) is 14.4 Å². The van der Waals surface area contributed by atoms with Crippen molar-refractivity contribution in [2.24, 2.45) is 0 Å². The highest BCUT2D eigenvalue weighted by Crippen LogP contribution is 2.34. The van der Waals surface area contributed by atoms with E-state index in [0.29, 0.717) is 5.56 Å². The number of methoxy groups -OCH3 is 1. The number of hydrogen-bond donors (Lipinski definition) is 1. The van der Waals surface area contributed by atoms with E-state index in [1.807, 2.05) is 18.2 Å². The predicted octanol–water partition coefficient (Wildman–Crippen LogP) is 1.64. The number of carbonyl (C=O) groups is 1. The molecular weight excluding hydrogens is 250 g/mol. The first-order valence-corrected chi connectivity index (χ1v) is 5.71. The number of carboxylic acids is 1. The third kappa shape index (κ3) is 2.93. The Morgan fingerprint density at radius 1 is 1.21 bits per heavy atom. The van der Waals surface area contributed by atoms with Gasteiger partial charge in [0.05, 0.1) is 14.2 Å². The van der Waals surface area contributed by atoms with Crippen LogP contribution in [0.1, 0.15) is 18.6 Å². The van der Waals surface area contributed by atoms with Crippen LogP contribution in [0.4, 0.5) is 0 Å². The summed E-state index contributed by atoms with van der Waals surface area (Å²) in [6, 6.07) is 9.05. The first-order chi connectivity index (χ1) is 9.02. The van der Waals surface area contributed by atoms with E-state index in [-0.39, 0.29) is 0 Å². The van der Waals surface area contributed by atoms with Crippen molar-refractivity contribution in [2.75, 3.05) is 21.3 Å². The second-order valence-electron chi connectivity index (χ2n) is 4.10. The van der Waals surface area contributed by atoms with E-state index >= 15 is 0 Å². The Balaban J connectivity index is 3.26. The maximum Gasteiger partial charge on any atom is 0.331 e. The number of rotatable bonds is 7. The molecule has 0 heterocycles. The molecule has 106 valence electrons. The monoisotopic (exact) mass is 269 g/mol. The Morgan fingerprint density at radius 3 is 2.11 bits per heavy atom. The molecule has 0 saturated carbocycles. The van der Waals surface area contributed by atoms with Crippen molar-refractivity contribution < 1.29 is 24.3 Å². The lowest BCUT2D eigenvalue weighted by Crippen LogP contribution is -2.56. The van der Waals surface area contributed by atoms with Crippen molar-refractivity contribution in [3.05, 3.63) is 35.9 Å². The van der Waals surface area contributed by atoms with E-state index in [0.717, 1.165) is 5.23 Å². The van der Waals surface area contributed by atoms with Crippen molar-refractivity contribution in [3.63, 3.8) is 0 Å². The molecule has 0 aliphatic rings. The average Bonchev–Trinajstić information content (AvgIpc) is 2.41. The second-order valence-corrected chi connectivity index (χ2v) is 4.10. The molecule has 1 rings (SSSR count).